The summed E-state index contributed by atoms with van der Waals surface area (Å²) in [7, 11) is -2.28. The molecule has 140 valence electrons. The van der Waals surface area contributed by atoms with Crippen molar-refractivity contribution in [3.8, 4) is 11.3 Å². The van der Waals surface area contributed by atoms with Gasteiger partial charge in [-0.15, -0.1) is 11.3 Å². The smallest absolute Gasteiger partial charge is 0.251 e. The minimum Gasteiger partial charge on any atom is -0.343 e. The molecular formula is C18H18N4O3S2. The number of benzene rings is 1. The molecule has 1 aromatic carbocycles. The number of carbonyl (C=O) groups excluding carboxylic acids is 1. The molecule has 0 radical (unpaired) electrons. The van der Waals surface area contributed by atoms with Gasteiger partial charge in [0.2, 0.25) is 10.0 Å². The highest BCUT2D eigenvalue weighted by Crippen LogP contribution is 2.25. The Bertz CT molecular complexity index is 1050. The van der Waals surface area contributed by atoms with Crippen molar-refractivity contribution in [2.24, 2.45) is 0 Å². The summed E-state index contributed by atoms with van der Waals surface area (Å²) in [6.45, 7) is 1.83. The molecule has 3 aromatic rings. The number of hydrogen-bond acceptors (Lipinski definition) is 6. The molecule has 2 aromatic heterocycles. The summed E-state index contributed by atoms with van der Waals surface area (Å²) in [5.41, 5.74) is 1.97. The molecule has 27 heavy (non-hydrogen) atoms. The molecule has 0 fully saturated rings. The van der Waals surface area contributed by atoms with Crippen LogP contribution in [0.3, 0.4) is 0 Å². The van der Waals surface area contributed by atoms with Gasteiger partial charge in [-0.05, 0) is 44.3 Å². The third-order valence-corrected chi connectivity index (χ3v) is 6.31. The third kappa shape index (κ3) is 4.38. The van der Waals surface area contributed by atoms with Gasteiger partial charge in [-0.2, -0.15) is 0 Å². The Balaban J connectivity index is 1.75. The van der Waals surface area contributed by atoms with Gasteiger partial charge in [-0.25, -0.2) is 18.1 Å². The molecule has 9 heteroatoms. The highest BCUT2D eigenvalue weighted by atomic mass is 32.2. The number of aromatic nitrogens is 2. The van der Waals surface area contributed by atoms with Gasteiger partial charge in [0.05, 0.1) is 16.6 Å². The fourth-order valence-electron chi connectivity index (χ4n) is 2.40. The van der Waals surface area contributed by atoms with Crippen molar-refractivity contribution in [1.82, 2.24) is 20.0 Å². The van der Waals surface area contributed by atoms with Gasteiger partial charge in [0, 0.05) is 28.9 Å². The van der Waals surface area contributed by atoms with Crippen LogP contribution in [0.25, 0.3) is 11.3 Å². The summed E-state index contributed by atoms with van der Waals surface area (Å²) in [5, 5.41) is 5.51. The molecule has 0 aliphatic heterocycles. The van der Waals surface area contributed by atoms with E-state index in [-0.39, 0.29) is 22.4 Å². The fourth-order valence-corrected chi connectivity index (χ4v) is 4.01. The molecule has 7 nitrogen and oxygen atoms in total. The van der Waals surface area contributed by atoms with Crippen LogP contribution >= 0.6 is 11.3 Å². The van der Waals surface area contributed by atoms with E-state index in [2.05, 4.69) is 20.0 Å². The van der Waals surface area contributed by atoms with Crippen LogP contribution in [-0.2, 0) is 10.0 Å². The number of hydrogen-bond donors (Lipinski definition) is 2. The highest BCUT2D eigenvalue weighted by molar-refractivity contribution is 7.89. The van der Waals surface area contributed by atoms with Crippen molar-refractivity contribution in [3.63, 3.8) is 0 Å². The van der Waals surface area contributed by atoms with E-state index >= 15 is 0 Å². The summed E-state index contributed by atoms with van der Waals surface area (Å²) < 4.78 is 26.0. The van der Waals surface area contributed by atoms with Crippen molar-refractivity contribution < 1.29 is 13.2 Å². The molecule has 3 rings (SSSR count). The first kappa shape index (κ1) is 19.2. The first-order valence-corrected chi connectivity index (χ1v) is 10.5. The van der Waals surface area contributed by atoms with Crippen LogP contribution in [0.4, 0.5) is 0 Å². The van der Waals surface area contributed by atoms with E-state index in [0.29, 0.717) is 0 Å². The molecule has 0 saturated carbocycles. The maximum atomic E-state index is 12.5. The minimum atomic E-state index is -3.61. The van der Waals surface area contributed by atoms with Crippen molar-refractivity contribution >= 4 is 27.3 Å². The maximum Gasteiger partial charge on any atom is 0.251 e. The molecule has 0 spiro atoms. The number of sulfonamides is 1. The normalized spacial score (nSPS) is 12.5. The molecule has 0 aliphatic carbocycles. The Labute approximate surface area is 161 Å². The van der Waals surface area contributed by atoms with Gasteiger partial charge >= 0.3 is 0 Å². The summed E-state index contributed by atoms with van der Waals surface area (Å²) in [5.74, 6) is -0.367. The number of amides is 1. The van der Waals surface area contributed by atoms with E-state index < -0.39 is 10.0 Å². The summed E-state index contributed by atoms with van der Waals surface area (Å²) in [6, 6.07) is 9.32. The lowest BCUT2D eigenvalue weighted by molar-refractivity contribution is 0.0939. The second-order valence-corrected chi connectivity index (χ2v) is 8.52. The van der Waals surface area contributed by atoms with Crippen LogP contribution in [0.1, 0.15) is 28.3 Å². The zero-order chi connectivity index (χ0) is 19.4. The zero-order valence-corrected chi connectivity index (χ0v) is 16.3. The average Bonchev–Trinajstić information content (AvgIpc) is 3.19. The SMILES string of the molecule is CNS(=O)(=O)c1cccc(C(=O)NC(C)c2nc(-c3cccnc3)cs2)c1. The summed E-state index contributed by atoms with van der Waals surface area (Å²) in [4.78, 5) is 21.2. The third-order valence-electron chi connectivity index (χ3n) is 3.87. The van der Waals surface area contributed by atoms with Crippen molar-refractivity contribution in [3.05, 3.63) is 64.7 Å². The monoisotopic (exact) mass is 402 g/mol. The van der Waals surface area contributed by atoms with Crippen LogP contribution in [0.15, 0.2) is 59.1 Å². The van der Waals surface area contributed by atoms with Gasteiger partial charge in [0.1, 0.15) is 5.01 Å². The van der Waals surface area contributed by atoms with Crippen molar-refractivity contribution in [1.29, 1.82) is 0 Å². The Morgan fingerprint density at radius 1 is 1.22 bits per heavy atom. The first-order valence-electron chi connectivity index (χ1n) is 8.11. The Morgan fingerprint density at radius 2 is 2.04 bits per heavy atom. The van der Waals surface area contributed by atoms with E-state index in [0.717, 1.165) is 16.3 Å². The predicted molar refractivity (Wildman–Crippen MR) is 104 cm³/mol. The molecule has 1 amide bonds. The number of pyridine rings is 1. The van der Waals surface area contributed by atoms with Crippen LogP contribution < -0.4 is 10.0 Å². The fraction of sp³-hybridized carbons (Fsp3) is 0.167. The van der Waals surface area contributed by atoms with Gasteiger partial charge < -0.3 is 5.32 Å². The molecule has 1 unspecified atom stereocenters. The lowest BCUT2D eigenvalue weighted by Crippen LogP contribution is -2.27. The summed E-state index contributed by atoms with van der Waals surface area (Å²) in [6.07, 6.45) is 3.43. The van der Waals surface area contributed by atoms with Gasteiger partial charge in [0.15, 0.2) is 0 Å². The Kier molecular flexibility index (Phi) is 5.64. The largest absolute Gasteiger partial charge is 0.343 e. The second kappa shape index (κ2) is 7.95. The molecule has 2 N–H and O–H groups in total. The number of thiazole rings is 1. The first-order chi connectivity index (χ1) is 12.9. The van der Waals surface area contributed by atoms with E-state index in [1.54, 1.807) is 18.5 Å². The predicted octanol–water partition coefficient (Wildman–Crippen LogP) is 2.60. The summed E-state index contributed by atoms with van der Waals surface area (Å²) >= 11 is 1.44. The van der Waals surface area contributed by atoms with Crippen molar-refractivity contribution in [2.45, 2.75) is 17.9 Å². The number of nitrogens with zero attached hydrogens (tertiary/aromatic N) is 2. The molecule has 0 bridgehead atoms. The molecular weight excluding hydrogens is 384 g/mol. The topological polar surface area (TPSA) is 101 Å². The number of rotatable bonds is 6. The number of nitrogens with one attached hydrogen (secondary N) is 2. The minimum absolute atomic E-state index is 0.0402. The lowest BCUT2D eigenvalue weighted by Gasteiger charge is -2.12. The van der Waals surface area contributed by atoms with Gasteiger partial charge in [-0.3, -0.25) is 9.78 Å². The van der Waals surface area contributed by atoms with E-state index in [4.69, 9.17) is 0 Å². The Morgan fingerprint density at radius 3 is 2.74 bits per heavy atom. The van der Waals surface area contributed by atoms with Crippen molar-refractivity contribution in [2.75, 3.05) is 7.05 Å². The second-order valence-electron chi connectivity index (χ2n) is 5.74. The van der Waals surface area contributed by atoms with E-state index in [1.807, 2.05) is 24.4 Å². The molecule has 1 atom stereocenters. The van der Waals surface area contributed by atoms with Crippen LogP contribution in [0.5, 0.6) is 0 Å². The van der Waals surface area contributed by atoms with Crippen LogP contribution in [0.2, 0.25) is 0 Å². The Hall–Kier alpha value is -2.62. The maximum absolute atomic E-state index is 12.5. The quantitative estimate of drug-likeness (QED) is 0.660. The average molecular weight is 403 g/mol. The molecule has 0 aliphatic rings. The molecule has 2 heterocycles. The standard InChI is InChI=1S/C18H18N4O3S2/c1-12(18-22-16(11-26-18)14-6-4-8-20-10-14)21-17(23)13-5-3-7-15(9-13)27(24,25)19-2/h3-12,19H,1-2H3,(H,21,23). The number of carbonyl (C=O) groups is 1. The van der Waals surface area contributed by atoms with Gasteiger partial charge in [-0.1, -0.05) is 6.07 Å². The van der Waals surface area contributed by atoms with Crippen LogP contribution in [0, 0.1) is 0 Å². The van der Waals surface area contributed by atoms with E-state index in [1.165, 1.54) is 36.6 Å². The lowest BCUT2D eigenvalue weighted by atomic mass is 10.2. The van der Waals surface area contributed by atoms with Crippen LogP contribution in [-0.4, -0.2) is 31.3 Å². The van der Waals surface area contributed by atoms with E-state index in [9.17, 15) is 13.2 Å². The zero-order valence-electron chi connectivity index (χ0n) is 14.7. The molecule has 0 saturated heterocycles. The highest BCUT2D eigenvalue weighted by Gasteiger charge is 2.18. The van der Waals surface area contributed by atoms with Gasteiger partial charge in [0.25, 0.3) is 5.91 Å².